The van der Waals surface area contributed by atoms with Gasteiger partial charge in [-0.2, -0.15) is 0 Å². The van der Waals surface area contributed by atoms with Gasteiger partial charge >= 0.3 is 6.03 Å². The molecule has 2 aliphatic rings. The van der Waals surface area contributed by atoms with Crippen molar-refractivity contribution < 1.29 is 13.9 Å². The zero-order valence-corrected chi connectivity index (χ0v) is 15.7. The molecule has 1 saturated heterocycles. The van der Waals surface area contributed by atoms with Gasteiger partial charge in [-0.3, -0.25) is 0 Å². The standard InChI is InChI=1S/C19H25N5O3/c1-13(2)22-18(25)24-6-5-19(11-24)12-26-10-14-8-20-17(23-16(14)19)21-9-15-4-3-7-27-15/h3-4,7-8,13H,5-6,9-12H2,1-2H3,(H,22,25)(H,20,21,23). The molecule has 0 aliphatic carbocycles. The van der Waals surface area contributed by atoms with Crippen LogP contribution in [0.5, 0.6) is 0 Å². The third-order valence-corrected chi connectivity index (χ3v) is 5.06. The SMILES string of the molecule is CC(C)NC(=O)N1CCC2(COCc3cnc(NCc4ccco4)nc32)C1. The zero-order valence-electron chi connectivity index (χ0n) is 15.7. The van der Waals surface area contributed by atoms with E-state index in [1.165, 1.54) is 0 Å². The van der Waals surface area contributed by atoms with Crippen LogP contribution >= 0.6 is 0 Å². The highest BCUT2D eigenvalue weighted by Gasteiger charge is 2.46. The van der Waals surface area contributed by atoms with Crippen molar-refractivity contribution in [1.82, 2.24) is 20.2 Å². The number of carbonyl (C=O) groups is 1. The molecule has 2 aromatic heterocycles. The van der Waals surface area contributed by atoms with Crippen LogP contribution in [0.1, 0.15) is 37.3 Å². The second-order valence-corrected chi connectivity index (χ2v) is 7.55. The summed E-state index contributed by atoms with van der Waals surface area (Å²) in [5.41, 5.74) is 1.72. The summed E-state index contributed by atoms with van der Waals surface area (Å²) in [6.07, 6.45) is 4.30. The molecule has 2 aliphatic heterocycles. The number of carbonyl (C=O) groups excluding carboxylic acids is 1. The van der Waals surface area contributed by atoms with Gasteiger partial charge in [0.15, 0.2) is 0 Å². The van der Waals surface area contributed by atoms with Crippen LogP contribution in [0.4, 0.5) is 10.7 Å². The average molecular weight is 371 g/mol. The Morgan fingerprint density at radius 3 is 3.11 bits per heavy atom. The van der Waals surface area contributed by atoms with Crippen molar-refractivity contribution in [3.63, 3.8) is 0 Å². The molecule has 0 aromatic carbocycles. The van der Waals surface area contributed by atoms with Crippen molar-refractivity contribution in [2.24, 2.45) is 0 Å². The molecule has 144 valence electrons. The van der Waals surface area contributed by atoms with E-state index >= 15 is 0 Å². The summed E-state index contributed by atoms with van der Waals surface area (Å²) < 4.78 is 11.2. The molecule has 1 atom stereocenters. The normalized spacial score (nSPS) is 21.5. The van der Waals surface area contributed by atoms with Gasteiger partial charge in [0.05, 0.1) is 37.1 Å². The number of nitrogens with zero attached hydrogens (tertiary/aromatic N) is 3. The quantitative estimate of drug-likeness (QED) is 0.857. The summed E-state index contributed by atoms with van der Waals surface area (Å²) in [5.74, 6) is 1.39. The number of amides is 2. The van der Waals surface area contributed by atoms with E-state index < -0.39 is 0 Å². The molecule has 27 heavy (non-hydrogen) atoms. The van der Waals surface area contributed by atoms with Crippen molar-refractivity contribution in [3.8, 4) is 0 Å². The van der Waals surface area contributed by atoms with Gasteiger partial charge in [-0.25, -0.2) is 14.8 Å². The van der Waals surface area contributed by atoms with Crippen LogP contribution in [0, 0.1) is 0 Å². The molecule has 1 unspecified atom stereocenters. The first-order chi connectivity index (χ1) is 13.1. The van der Waals surface area contributed by atoms with Gasteiger partial charge in [-0.05, 0) is 32.4 Å². The van der Waals surface area contributed by atoms with E-state index in [1.54, 1.807) is 6.26 Å². The first kappa shape index (κ1) is 17.8. The van der Waals surface area contributed by atoms with E-state index in [0.717, 1.165) is 23.4 Å². The van der Waals surface area contributed by atoms with E-state index in [-0.39, 0.29) is 17.5 Å². The molecule has 8 heteroatoms. The number of likely N-dealkylation sites (tertiary alicyclic amines) is 1. The lowest BCUT2D eigenvalue weighted by atomic mass is 9.81. The molecule has 0 radical (unpaired) electrons. The highest BCUT2D eigenvalue weighted by Crippen LogP contribution is 2.39. The maximum atomic E-state index is 12.4. The molecule has 2 aromatic rings. The minimum atomic E-state index is -0.272. The Labute approximate surface area is 158 Å². The summed E-state index contributed by atoms with van der Waals surface area (Å²) in [4.78, 5) is 23.5. The monoisotopic (exact) mass is 371 g/mol. The second-order valence-electron chi connectivity index (χ2n) is 7.55. The van der Waals surface area contributed by atoms with Gasteiger partial charge in [-0.1, -0.05) is 0 Å². The fourth-order valence-electron chi connectivity index (χ4n) is 3.76. The summed E-state index contributed by atoms with van der Waals surface area (Å²) in [5, 5.41) is 6.18. The van der Waals surface area contributed by atoms with Crippen molar-refractivity contribution in [2.75, 3.05) is 25.0 Å². The number of rotatable bonds is 4. The zero-order chi connectivity index (χ0) is 18.9. The molecule has 4 heterocycles. The lowest BCUT2D eigenvalue weighted by molar-refractivity contribution is 0.0519. The van der Waals surface area contributed by atoms with E-state index in [4.69, 9.17) is 14.1 Å². The van der Waals surface area contributed by atoms with Crippen LogP contribution in [-0.2, 0) is 23.3 Å². The number of fused-ring (bicyclic) bond motifs is 2. The number of aromatic nitrogens is 2. The van der Waals surface area contributed by atoms with Gasteiger partial charge in [0.2, 0.25) is 5.95 Å². The summed E-state index contributed by atoms with van der Waals surface area (Å²) in [6.45, 7) is 6.83. The first-order valence-electron chi connectivity index (χ1n) is 9.32. The Morgan fingerprint density at radius 2 is 2.33 bits per heavy atom. The van der Waals surface area contributed by atoms with Gasteiger partial charge in [0.1, 0.15) is 5.76 Å². The lowest BCUT2D eigenvalue weighted by Gasteiger charge is -2.34. The summed E-state index contributed by atoms with van der Waals surface area (Å²) in [7, 11) is 0. The predicted molar refractivity (Wildman–Crippen MR) is 99.3 cm³/mol. The summed E-state index contributed by atoms with van der Waals surface area (Å²) in [6, 6.07) is 3.85. The van der Waals surface area contributed by atoms with Gasteiger partial charge in [-0.15, -0.1) is 0 Å². The Morgan fingerprint density at radius 1 is 1.44 bits per heavy atom. The lowest BCUT2D eigenvalue weighted by Crippen LogP contribution is -2.45. The highest BCUT2D eigenvalue weighted by atomic mass is 16.5. The molecule has 1 fully saturated rings. The van der Waals surface area contributed by atoms with Crippen LogP contribution in [0.3, 0.4) is 0 Å². The minimum Gasteiger partial charge on any atom is -0.467 e. The number of hydrogen-bond acceptors (Lipinski definition) is 6. The molecule has 0 bridgehead atoms. The third-order valence-electron chi connectivity index (χ3n) is 5.06. The van der Waals surface area contributed by atoms with Crippen LogP contribution in [-0.4, -0.2) is 46.6 Å². The molecule has 0 saturated carbocycles. The molecule has 1 spiro atoms. The molecule has 8 nitrogen and oxygen atoms in total. The number of hydrogen-bond donors (Lipinski definition) is 2. The Hall–Kier alpha value is -2.61. The number of anilines is 1. The Bertz CT molecular complexity index is 808. The minimum absolute atomic E-state index is 0.0285. The summed E-state index contributed by atoms with van der Waals surface area (Å²) >= 11 is 0. The van der Waals surface area contributed by atoms with Gasteiger partial charge in [0.25, 0.3) is 0 Å². The van der Waals surface area contributed by atoms with E-state index in [1.807, 2.05) is 37.1 Å². The fraction of sp³-hybridized carbons (Fsp3) is 0.526. The number of nitrogens with one attached hydrogen (secondary N) is 2. The van der Waals surface area contributed by atoms with Crippen LogP contribution < -0.4 is 10.6 Å². The van der Waals surface area contributed by atoms with Crippen molar-refractivity contribution in [1.29, 1.82) is 0 Å². The number of furan rings is 1. The van der Waals surface area contributed by atoms with E-state index in [0.29, 0.717) is 38.8 Å². The number of ether oxygens (including phenoxy) is 1. The molecule has 4 rings (SSSR count). The maximum Gasteiger partial charge on any atom is 0.317 e. The van der Waals surface area contributed by atoms with Crippen LogP contribution in [0.15, 0.2) is 29.0 Å². The average Bonchev–Trinajstić information content (AvgIpc) is 3.31. The second kappa shape index (κ2) is 7.19. The largest absolute Gasteiger partial charge is 0.467 e. The van der Waals surface area contributed by atoms with Crippen LogP contribution in [0.25, 0.3) is 0 Å². The first-order valence-corrected chi connectivity index (χ1v) is 9.32. The Balaban J connectivity index is 1.53. The molecular formula is C19H25N5O3. The maximum absolute atomic E-state index is 12.4. The number of urea groups is 1. The topological polar surface area (TPSA) is 92.5 Å². The molecule has 2 N–H and O–H groups in total. The smallest absolute Gasteiger partial charge is 0.317 e. The Kier molecular flexibility index (Phi) is 4.73. The predicted octanol–water partition coefficient (Wildman–Crippen LogP) is 2.27. The van der Waals surface area contributed by atoms with Gasteiger partial charge in [0, 0.05) is 30.9 Å². The van der Waals surface area contributed by atoms with Crippen molar-refractivity contribution in [2.45, 2.75) is 44.9 Å². The highest BCUT2D eigenvalue weighted by molar-refractivity contribution is 5.75. The molecular weight excluding hydrogens is 346 g/mol. The van der Waals surface area contributed by atoms with E-state index in [2.05, 4.69) is 15.6 Å². The third kappa shape index (κ3) is 3.62. The van der Waals surface area contributed by atoms with E-state index in [9.17, 15) is 4.79 Å². The molecule has 2 amide bonds. The van der Waals surface area contributed by atoms with Gasteiger partial charge < -0.3 is 24.7 Å². The van der Waals surface area contributed by atoms with Crippen molar-refractivity contribution >= 4 is 12.0 Å². The van der Waals surface area contributed by atoms with Crippen molar-refractivity contribution in [3.05, 3.63) is 41.6 Å². The van der Waals surface area contributed by atoms with Crippen LogP contribution in [0.2, 0.25) is 0 Å². The fourth-order valence-corrected chi connectivity index (χ4v) is 3.76.